The fourth-order valence-electron chi connectivity index (χ4n) is 1.98. The summed E-state index contributed by atoms with van der Waals surface area (Å²) in [5.74, 6) is -0.241. The van der Waals surface area contributed by atoms with Gasteiger partial charge in [-0.05, 0) is 53.1 Å². The number of nitrogens with two attached hydrogens (primary N) is 1. The van der Waals surface area contributed by atoms with E-state index in [0.29, 0.717) is 0 Å². The van der Waals surface area contributed by atoms with Crippen molar-refractivity contribution in [1.29, 1.82) is 0 Å². The topological polar surface area (TPSA) is 29.3 Å². The molecule has 0 bridgehead atoms. The van der Waals surface area contributed by atoms with Crippen LogP contribution in [-0.2, 0) is 6.54 Å². The van der Waals surface area contributed by atoms with Crippen LogP contribution >= 0.6 is 11.3 Å². The minimum absolute atomic E-state index is 0.180. The van der Waals surface area contributed by atoms with Gasteiger partial charge in [-0.25, -0.2) is 4.39 Å². The number of hydrogen-bond acceptors (Lipinski definition) is 3. The molecule has 0 amide bonds. The van der Waals surface area contributed by atoms with Crippen molar-refractivity contribution in [3.05, 3.63) is 52.0 Å². The van der Waals surface area contributed by atoms with E-state index in [0.717, 1.165) is 17.8 Å². The summed E-state index contributed by atoms with van der Waals surface area (Å²) in [6, 6.07) is 6.70. The fraction of sp³-hybridized carbons (Fsp3) is 0.286. The van der Waals surface area contributed by atoms with Crippen LogP contribution in [0.5, 0.6) is 0 Å². The molecule has 0 radical (unpaired) electrons. The zero-order valence-corrected chi connectivity index (χ0v) is 11.4. The van der Waals surface area contributed by atoms with Crippen LogP contribution in [0.15, 0.2) is 35.0 Å². The van der Waals surface area contributed by atoms with Gasteiger partial charge in [-0.1, -0.05) is 0 Å². The molecule has 1 atom stereocenters. The van der Waals surface area contributed by atoms with Gasteiger partial charge in [0.2, 0.25) is 0 Å². The molecule has 1 heterocycles. The van der Waals surface area contributed by atoms with Gasteiger partial charge in [0.25, 0.3) is 0 Å². The highest BCUT2D eigenvalue weighted by Crippen LogP contribution is 2.26. The lowest BCUT2D eigenvalue weighted by atomic mass is 10.1. The Balaban J connectivity index is 2.26. The molecule has 2 rings (SSSR count). The molecule has 0 spiro atoms. The molecule has 2 nitrogen and oxygen atoms in total. The minimum atomic E-state index is -0.241. The molecule has 18 heavy (non-hydrogen) atoms. The van der Waals surface area contributed by atoms with Crippen molar-refractivity contribution in [2.75, 3.05) is 11.9 Å². The Morgan fingerprint density at radius 3 is 2.78 bits per heavy atom. The number of rotatable bonds is 4. The summed E-state index contributed by atoms with van der Waals surface area (Å²) in [7, 11) is 2.00. The first-order chi connectivity index (χ1) is 8.58. The summed E-state index contributed by atoms with van der Waals surface area (Å²) < 4.78 is 13.3. The second kappa shape index (κ2) is 5.50. The van der Waals surface area contributed by atoms with Crippen LogP contribution < -0.4 is 10.6 Å². The van der Waals surface area contributed by atoms with Gasteiger partial charge in [0, 0.05) is 25.3 Å². The summed E-state index contributed by atoms with van der Waals surface area (Å²) in [6.07, 6.45) is 0. The quantitative estimate of drug-likeness (QED) is 0.915. The van der Waals surface area contributed by atoms with Crippen LogP contribution in [0, 0.1) is 5.82 Å². The Hall–Kier alpha value is -1.39. The van der Waals surface area contributed by atoms with E-state index < -0.39 is 0 Å². The molecule has 1 aromatic heterocycles. The molecule has 1 aromatic carbocycles. The maximum absolute atomic E-state index is 13.3. The highest BCUT2D eigenvalue weighted by molar-refractivity contribution is 7.07. The van der Waals surface area contributed by atoms with Crippen molar-refractivity contribution in [3.63, 3.8) is 0 Å². The standard InChI is InChI=1S/C14H17FN2S/c1-10(16)13-7-12(15)3-4-14(13)17(2)8-11-5-6-18-9-11/h3-7,9-10H,8,16H2,1-2H3/t10-/m0/s1. The normalized spacial score (nSPS) is 12.4. The summed E-state index contributed by atoms with van der Waals surface area (Å²) in [4.78, 5) is 2.10. The second-order valence-corrected chi connectivity index (χ2v) is 5.26. The van der Waals surface area contributed by atoms with Crippen LogP contribution in [0.25, 0.3) is 0 Å². The molecular weight excluding hydrogens is 247 g/mol. The Morgan fingerprint density at radius 1 is 1.39 bits per heavy atom. The molecule has 0 aliphatic rings. The Labute approximate surface area is 111 Å². The highest BCUT2D eigenvalue weighted by Gasteiger charge is 2.12. The van der Waals surface area contributed by atoms with Crippen molar-refractivity contribution in [1.82, 2.24) is 0 Å². The molecule has 0 saturated heterocycles. The second-order valence-electron chi connectivity index (χ2n) is 4.48. The van der Waals surface area contributed by atoms with Crippen LogP contribution in [0.2, 0.25) is 0 Å². The third-order valence-corrected chi connectivity index (χ3v) is 3.62. The summed E-state index contributed by atoms with van der Waals surface area (Å²) in [5, 5.41) is 4.17. The zero-order valence-electron chi connectivity index (χ0n) is 10.6. The van der Waals surface area contributed by atoms with Crippen LogP contribution in [0.1, 0.15) is 24.1 Å². The van der Waals surface area contributed by atoms with Gasteiger partial charge in [0.05, 0.1) is 0 Å². The molecule has 96 valence electrons. The van der Waals surface area contributed by atoms with Gasteiger partial charge >= 0.3 is 0 Å². The third kappa shape index (κ3) is 2.89. The van der Waals surface area contributed by atoms with Crippen molar-refractivity contribution in [3.8, 4) is 0 Å². The Kier molecular flexibility index (Phi) is 3.99. The largest absolute Gasteiger partial charge is 0.370 e. The molecule has 4 heteroatoms. The first kappa shape index (κ1) is 13.1. The SMILES string of the molecule is C[C@H](N)c1cc(F)ccc1N(C)Cc1ccsc1. The van der Waals surface area contributed by atoms with Crippen molar-refractivity contribution < 1.29 is 4.39 Å². The van der Waals surface area contributed by atoms with Crippen LogP contribution in [0.4, 0.5) is 10.1 Å². The molecule has 0 unspecified atom stereocenters. The van der Waals surface area contributed by atoms with E-state index in [1.807, 2.05) is 14.0 Å². The van der Waals surface area contributed by atoms with Crippen LogP contribution in [-0.4, -0.2) is 7.05 Å². The molecule has 0 saturated carbocycles. The first-order valence-electron chi connectivity index (χ1n) is 5.85. The lowest BCUT2D eigenvalue weighted by Gasteiger charge is -2.23. The van der Waals surface area contributed by atoms with Gasteiger partial charge in [0.15, 0.2) is 0 Å². The number of anilines is 1. The zero-order chi connectivity index (χ0) is 13.1. The van der Waals surface area contributed by atoms with Crippen LogP contribution in [0.3, 0.4) is 0 Å². The predicted molar refractivity (Wildman–Crippen MR) is 75.4 cm³/mol. The van der Waals surface area contributed by atoms with Crippen molar-refractivity contribution >= 4 is 17.0 Å². The van der Waals surface area contributed by atoms with Gasteiger partial charge in [-0.3, -0.25) is 0 Å². The minimum Gasteiger partial charge on any atom is -0.370 e. The van der Waals surface area contributed by atoms with E-state index in [2.05, 4.69) is 21.7 Å². The lowest BCUT2D eigenvalue weighted by molar-refractivity contribution is 0.622. The maximum atomic E-state index is 13.3. The molecular formula is C14H17FN2S. The highest BCUT2D eigenvalue weighted by atomic mass is 32.1. The fourth-order valence-corrected chi connectivity index (χ4v) is 2.64. The van der Waals surface area contributed by atoms with Gasteiger partial charge in [-0.15, -0.1) is 0 Å². The van der Waals surface area contributed by atoms with E-state index in [4.69, 9.17) is 5.73 Å². The van der Waals surface area contributed by atoms with E-state index in [9.17, 15) is 4.39 Å². The van der Waals surface area contributed by atoms with E-state index in [1.54, 1.807) is 17.4 Å². The van der Waals surface area contributed by atoms with Crippen molar-refractivity contribution in [2.45, 2.75) is 19.5 Å². The average Bonchev–Trinajstić information content (AvgIpc) is 2.81. The van der Waals surface area contributed by atoms with E-state index in [-0.39, 0.29) is 11.9 Å². The molecule has 2 aromatic rings. The Bertz CT molecular complexity index is 509. The smallest absolute Gasteiger partial charge is 0.123 e. The number of hydrogen-bond donors (Lipinski definition) is 1. The van der Waals surface area contributed by atoms with E-state index in [1.165, 1.54) is 17.7 Å². The average molecular weight is 264 g/mol. The number of benzene rings is 1. The molecule has 2 N–H and O–H groups in total. The Morgan fingerprint density at radius 2 is 2.17 bits per heavy atom. The van der Waals surface area contributed by atoms with Gasteiger partial charge in [-0.2, -0.15) is 11.3 Å². The lowest BCUT2D eigenvalue weighted by Crippen LogP contribution is -2.20. The predicted octanol–water partition coefficient (Wildman–Crippen LogP) is 3.54. The number of nitrogens with zero attached hydrogens (tertiary/aromatic N) is 1. The van der Waals surface area contributed by atoms with Crippen molar-refractivity contribution in [2.24, 2.45) is 5.73 Å². The number of thiophene rings is 1. The monoisotopic (exact) mass is 264 g/mol. The molecule has 0 fully saturated rings. The summed E-state index contributed by atoms with van der Waals surface area (Å²) in [6.45, 7) is 2.67. The first-order valence-corrected chi connectivity index (χ1v) is 6.79. The number of halogens is 1. The van der Waals surface area contributed by atoms with Gasteiger partial charge < -0.3 is 10.6 Å². The maximum Gasteiger partial charge on any atom is 0.123 e. The molecule has 0 aliphatic heterocycles. The molecule has 0 aliphatic carbocycles. The van der Waals surface area contributed by atoms with E-state index >= 15 is 0 Å². The van der Waals surface area contributed by atoms with Gasteiger partial charge in [0.1, 0.15) is 5.82 Å². The third-order valence-electron chi connectivity index (χ3n) is 2.89. The summed E-state index contributed by atoms with van der Waals surface area (Å²) in [5.41, 5.74) is 8.98. The summed E-state index contributed by atoms with van der Waals surface area (Å²) >= 11 is 1.68.